The molecule has 0 saturated carbocycles. The van der Waals surface area contributed by atoms with Gasteiger partial charge in [-0.2, -0.15) is 5.26 Å². The normalized spacial score (nSPS) is 15.1. The Hall–Kier alpha value is -2.22. The Morgan fingerprint density at radius 2 is 2.13 bits per heavy atom. The number of fused-ring (bicyclic) bond motifs is 2. The molecule has 1 aliphatic heterocycles. The number of rotatable bonds is 2. The van der Waals surface area contributed by atoms with Crippen LogP contribution in [0.2, 0.25) is 0 Å². The third-order valence-corrected chi connectivity index (χ3v) is 5.26. The van der Waals surface area contributed by atoms with Crippen molar-refractivity contribution < 1.29 is 0 Å². The number of aryl methyl sites for hydroxylation is 1. The molecule has 0 unspecified atom stereocenters. The molecule has 0 fully saturated rings. The molecular formula is C19H17N3S. The molecule has 3 aromatic rings. The van der Waals surface area contributed by atoms with Gasteiger partial charge < -0.3 is 0 Å². The second kappa shape index (κ2) is 6.11. The van der Waals surface area contributed by atoms with Gasteiger partial charge in [-0.3, -0.25) is 4.90 Å². The van der Waals surface area contributed by atoms with Crippen LogP contribution >= 0.6 is 11.3 Å². The number of aromatic nitrogens is 1. The first-order chi connectivity index (χ1) is 11.3. The van der Waals surface area contributed by atoms with E-state index in [1.807, 2.05) is 11.6 Å². The molecule has 4 rings (SSSR count). The number of nitriles is 1. The highest BCUT2D eigenvalue weighted by atomic mass is 32.1. The Bertz CT molecular complexity index is 891. The van der Waals surface area contributed by atoms with Gasteiger partial charge in [-0.1, -0.05) is 12.1 Å². The molecule has 0 N–H and O–H groups in total. The molecule has 3 nitrogen and oxygen atoms in total. The molecule has 23 heavy (non-hydrogen) atoms. The average molecular weight is 319 g/mol. The van der Waals surface area contributed by atoms with Gasteiger partial charge in [0.25, 0.3) is 0 Å². The lowest BCUT2D eigenvalue weighted by Crippen LogP contribution is -2.22. The Morgan fingerprint density at radius 3 is 3.04 bits per heavy atom. The van der Waals surface area contributed by atoms with E-state index >= 15 is 0 Å². The molecule has 4 heteroatoms. The summed E-state index contributed by atoms with van der Waals surface area (Å²) in [5.41, 5.74) is 7.79. The fourth-order valence-electron chi connectivity index (χ4n) is 3.29. The number of hydrogen-bond acceptors (Lipinski definition) is 4. The van der Waals surface area contributed by atoms with Crippen LogP contribution in [0, 0.1) is 11.3 Å². The zero-order valence-corrected chi connectivity index (χ0v) is 13.6. The molecule has 0 spiro atoms. The molecule has 1 aliphatic rings. The van der Waals surface area contributed by atoms with Gasteiger partial charge in [-0.05, 0) is 60.3 Å². The van der Waals surface area contributed by atoms with Gasteiger partial charge >= 0.3 is 0 Å². The fourth-order valence-corrected chi connectivity index (χ4v) is 3.95. The summed E-state index contributed by atoms with van der Waals surface area (Å²) in [5.74, 6) is 0. The highest BCUT2D eigenvalue weighted by Gasteiger charge is 2.15. The lowest BCUT2D eigenvalue weighted by Gasteiger charge is -2.20. The molecule has 1 aromatic heterocycles. The van der Waals surface area contributed by atoms with Crippen molar-refractivity contribution in [1.82, 2.24) is 9.88 Å². The third-order valence-electron chi connectivity index (χ3n) is 4.45. The molecule has 0 saturated heterocycles. The van der Waals surface area contributed by atoms with E-state index in [0.29, 0.717) is 0 Å². The highest BCUT2D eigenvalue weighted by molar-refractivity contribution is 7.16. The highest BCUT2D eigenvalue weighted by Crippen LogP contribution is 2.23. The SMILES string of the molecule is N#Cc1ccc2c(c1)CCCN(Cc1ccc3scnc3c1)C2. The van der Waals surface area contributed by atoms with Crippen molar-refractivity contribution in [2.75, 3.05) is 6.54 Å². The monoisotopic (exact) mass is 319 g/mol. The maximum atomic E-state index is 9.06. The van der Waals surface area contributed by atoms with Crippen molar-refractivity contribution in [3.63, 3.8) is 0 Å². The van der Waals surface area contributed by atoms with Gasteiger partial charge in [0.15, 0.2) is 0 Å². The fraction of sp³-hybridized carbons (Fsp3) is 0.263. The van der Waals surface area contributed by atoms with Gasteiger partial charge in [0.05, 0.1) is 27.4 Å². The lowest BCUT2D eigenvalue weighted by molar-refractivity contribution is 0.261. The van der Waals surface area contributed by atoms with Crippen molar-refractivity contribution in [2.24, 2.45) is 0 Å². The van der Waals surface area contributed by atoms with E-state index in [4.69, 9.17) is 5.26 Å². The molecule has 0 aliphatic carbocycles. The second-order valence-corrected chi connectivity index (χ2v) is 6.95. The van der Waals surface area contributed by atoms with Crippen LogP contribution in [-0.2, 0) is 19.5 Å². The zero-order valence-electron chi connectivity index (χ0n) is 12.8. The van der Waals surface area contributed by atoms with Crippen molar-refractivity contribution in [3.05, 3.63) is 64.2 Å². The first-order valence-corrected chi connectivity index (χ1v) is 8.76. The largest absolute Gasteiger partial charge is 0.295 e. The number of nitrogens with zero attached hydrogens (tertiary/aromatic N) is 3. The Labute approximate surface area is 139 Å². The maximum absolute atomic E-state index is 9.06. The molecule has 0 atom stereocenters. The first kappa shape index (κ1) is 14.4. The van der Waals surface area contributed by atoms with Crippen molar-refractivity contribution >= 4 is 21.6 Å². The minimum absolute atomic E-state index is 0.770. The smallest absolute Gasteiger partial charge is 0.0991 e. The van der Waals surface area contributed by atoms with Crippen LogP contribution in [0.25, 0.3) is 10.2 Å². The summed E-state index contributed by atoms with van der Waals surface area (Å²) in [7, 11) is 0. The Kier molecular flexibility index (Phi) is 3.82. The second-order valence-electron chi connectivity index (χ2n) is 6.06. The van der Waals surface area contributed by atoms with E-state index in [-0.39, 0.29) is 0 Å². The summed E-state index contributed by atoms with van der Waals surface area (Å²) < 4.78 is 1.25. The summed E-state index contributed by atoms with van der Waals surface area (Å²) >= 11 is 1.69. The van der Waals surface area contributed by atoms with Crippen LogP contribution in [-0.4, -0.2) is 16.4 Å². The topological polar surface area (TPSA) is 39.9 Å². The van der Waals surface area contributed by atoms with E-state index < -0.39 is 0 Å². The Morgan fingerprint density at radius 1 is 1.17 bits per heavy atom. The molecule has 2 aromatic carbocycles. The summed E-state index contributed by atoms with van der Waals surface area (Å²) in [6.07, 6.45) is 2.20. The van der Waals surface area contributed by atoms with Crippen LogP contribution in [0.5, 0.6) is 0 Å². The summed E-state index contributed by atoms with van der Waals surface area (Å²) in [5, 5.41) is 9.06. The van der Waals surface area contributed by atoms with Crippen LogP contribution in [0.15, 0.2) is 41.9 Å². The predicted molar refractivity (Wildman–Crippen MR) is 93.2 cm³/mol. The number of thiazole rings is 1. The van der Waals surface area contributed by atoms with Gasteiger partial charge in [-0.25, -0.2) is 4.98 Å². The van der Waals surface area contributed by atoms with Crippen LogP contribution in [0.3, 0.4) is 0 Å². The molecular weight excluding hydrogens is 302 g/mol. The molecule has 0 radical (unpaired) electrons. The van der Waals surface area contributed by atoms with E-state index in [9.17, 15) is 0 Å². The lowest BCUT2D eigenvalue weighted by atomic mass is 10.0. The minimum Gasteiger partial charge on any atom is -0.295 e. The first-order valence-electron chi connectivity index (χ1n) is 7.88. The standard InChI is InChI=1S/C19H17N3S/c20-10-14-3-5-17-12-22(7-1-2-16(17)8-14)11-15-4-6-19-18(9-15)21-13-23-19/h3-6,8-9,13H,1-2,7,11-12H2. The van der Waals surface area contributed by atoms with E-state index in [1.165, 1.54) is 21.4 Å². The van der Waals surface area contributed by atoms with Gasteiger partial charge in [0.2, 0.25) is 0 Å². The molecule has 2 heterocycles. The van der Waals surface area contributed by atoms with Gasteiger partial charge in [-0.15, -0.1) is 11.3 Å². The molecule has 114 valence electrons. The van der Waals surface area contributed by atoms with Crippen molar-refractivity contribution in [1.29, 1.82) is 5.26 Å². The van der Waals surface area contributed by atoms with Crippen LogP contribution in [0.4, 0.5) is 0 Å². The van der Waals surface area contributed by atoms with E-state index in [1.54, 1.807) is 11.3 Å². The van der Waals surface area contributed by atoms with Crippen LogP contribution < -0.4 is 0 Å². The molecule has 0 bridgehead atoms. The van der Waals surface area contributed by atoms with Crippen LogP contribution in [0.1, 0.15) is 28.7 Å². The van der Waals surface area contributed by atoms with Gasteiger partial charge in [0, 0.05) is 13.1 Å². The number of benzene rings is 2. The zero-order chi connectivity index (χ0) is 15.6. The summed E-state index contributed by atoms with van der Waals surface area (Å²) in [6, 6.07) is 14.9. The van der Waals surface area contributed by atoms with E-state index in [0.717, 1.165) is 43.6 Å². The number of hydrogen-bond donors (Lipinski definition) is 0. The van der Waals surface area contributed by atoms with E-state index in [2.05, 4.69) is 46.3 Å². The van der Waals surface area contributed by atoms with Gasteiger partial charge in [0.1, 0.15) is 0 Å². The molecule has 0 amide bonds. The predicted octanol–water partition coefficient (Wildman–Crippen LogP) is 4.12. The quantitative estimate of drug-likeness (QED) is 0.713. The third kappa shape index (κ3) is 2.98. The summed E-state index contributed by atoms with van der Waals surface area (Å²) in [4.78, 5) is 6.91. The average Bonchev–Trinajstić information content (AvgIpc) is 2.94. The summed E-state index contributed by atoms with van der Waals surface area (Å²) in [6.45, 7) is 2.99. The Balaban J connectivity index is 1.56. The maximum Gasteiger partial charge on any atom is 0.0991 e. The van der Waals surface area contributed by atoms with Crippen molar-refractivity contribution in [3.8, 4) is 6.07 Å². The van der Waals surface area contributed by atoms with Crippen molar-refractivity contribution in [2.45, 2.75) is 25.9 Å². The minimum atomic E-state index is 0.770.